The second kappa shape index (κ2) is 7.17. The highest BCUT2D eigenvalue weighted by Crippen LogP contribution is 2.28. The van der Waals surface area contributed by atoms with Crippen molar-refractivity contribution in [3.05, 3.63) is 64.7 Å². The molecule has 3 aromatic rings. The first-order chi connectivity index (χ1) is 11.1. The Hall–Kier alpha value is -1.82. The average molecular weight is 347 g/mol. The molecule has 1 aromatic heterocycles. The van der Waals surface area contributed by atoms with E-state index in [9.17, 15) is 5.11 Å². The summed E-state index contributed by atoms with van der Waals surface area (Å²) in [6.45, 7) is 2.00. The molecule has 1 N–H and O–H groups in total. The van der Waals surface area contributed by atoms with E-state index in [-0.39, 0.29) is 0 Å². The number of benzene rings is 2. The van der Waals surface area contributed by atoms with Crippen LogP contribution in [0.3, 0.4) is 0 Å². The van der Waals surface area contributed by atoms with E-state index in [4.69, 9.17) is 16.0 Å². The van der Waals surface area contributed by atoms with E-state index in [2.05, 4.69) is 10.2 Å². The first-order valence-corrected chi connectivity index (χ1v) is 8.45. The van der Waals surface area contributed by atoms with Crippen molar-refractivity contribution in [2.24, 2.45) is 0 Å². The first-order valence-electron chi connectivity index (χ1n) is 7.09. The van der Waals surface area contributed by atoms with Gasteiger partial charge in [-0.15, -0.1) is 10.2 Å². The van der Waals surface area contributed by atoms with Gasteiger partial charge in [-0.05, 0) is 36.2 Å². The van der Waals surface area contributed by atoms with Crippen LogP contribution >= 0.6 is 23.4 Å². The number of thioether (sulfide) groups is 1. The van der Waals surface area contributed by atoms with E-state index >= 15 is 0 Å². The summed E-state index contributed by atoms with van der Waals surface area (Å²) in [5.41, 5.74) is 2.76. The summed E-state index contributed by atoms with van der Waals surface area (Å²) in [5, 5.41) is 19.3. The minimum Gasteiger partial charge on any atom is -0.411 e. The molecule has 0 radical (unpaired) electrons. The van der Waals surface area contributed by atoms with Crippen LogP contribution in [0.25, 0.3) is 11.5 Å². The van der Waals surface area contributed by atoms with E-state index in [1.807, 2.05) is 43.3 Å². The van der Waals surface area contributed by atoms with Crippen LogP contribution in [-0.2, 0) is 0 Å². The molecule has 0 fully saturated rings. The van der Waals surface area contributed by atoms with Gasteiger partial charge in [-0.3, -0.25) is 0 Å². The quantitative estimate of drug-likeness (QED) is 0.688. The Morgan fingerprint density at radius 2 is 2.00 bits per heavy atom. The normalized spacial score (nSPS) is 12.3. The highest BCUT2D eigenvalue weighted by Gasteiger charge is 2.14. The average Bonchev–Trinajstić information content (AvgIpc) is 3.02. The van der Waals surface area contributed by atoms with Crippen molar-refractivity contribution in [2.45, 2.75) is 18.3 Å². The van der Waals surface area contributed by atoms with Gasteiger partial charge >= 0.3 is 0 Å². The Kier molecular flexibility index (Phi) is 5.00. The largest absolute Gasteiger partial charge is 0.411 e. The fourth-order valence-corrected chi connectivity index (χ4v) is 3.08. The van der Waals surface area contributed by atoms with Gasteiger partial charge in [-0.2, -0.15) is 0 Å². The smallest absolute Gasteiger partial charge is 0.276 e. The zero-order valence-electron chi connectivity index (χ0n) is 12.4. The van der Waals surface area contributed by atoms with Gasteiger partial charge in [-0.25, -0.2) is 0 Å². The summed E-state index contributed by atoms with van der Waals surface area (Å²) in [7, 11) is 0. The minimum absolute atomic E-state index is 0.412. The third-order valence-corrected chi connectivity index (χ3v) is 4.51. The molecule has 0 bridgehead atoms. The Labute approximate surface area is 143 Å². The van der Waals surface area contributed by atoms with Crippen molar-refractivity contribution in [3.8, 4) is 11.5 Å². The zero-order chi connectivity index (χ0) is 16.2. The molecule has 0 aliphatic rings. The molecular formula is C17H15ClN2O2S. The number of aliphatic hydroxyl groups is 1. The van der Waals surface area contributed by atoms with E-state index in [1.54, 1.807) is 12.1 Å². The fraction of sp³-hybridized carbons (Fsp3) is 0.176. The Bertz CT molecular complexity index is 807. The van der Waals surface area contributed by atoms with Crippen molar-refractivity contribution in [3.63, 3.8) is 0 Å². The van der Waals surface area contributed by atoms with Gasteiger partial charge in [0.2, 0.25) is 5.89 Å². The second-order valence-electron chi connectivity index (χ2n) is 5.07. The topological polar surface area (TPSA) is 59.2 Å². The van der Waals surface area contributed by atoms with Gasteiger partial charge < -0.3 is 9.52 Å². The van der Waals surface area contributed by atoms with Gasteiger partial charge in [0, 0.05) is 16.3 Å². The Morgan fingerprint density at radius 1 is 1.17 bits per heavy atom. The molecule has 2 aromatic carbocycles. The van der Waals surface area contributed by atoms with E-state index < -0.39 is 6.10 Å². The van der Waals surface area contributed by atoms with Crippen molar-refractivity contribution in [1.29, 1.82) is 0 Å². The molecule has 3 rings (SSSR count). The highest BCUT2D eigenvalue weighted by molar-refractivity contribution is 7.99. The van der Waals surface area contributed by atoms with E-state index in [0.717, 1.165) is 16.7 Å². The highest BCUT2D eigenvalue weighted by atomic mass is 35.5. The van der Waals surface area contributed by atoms with Crippen LogP contribution < -0.4 is 0 Å². The van der Waals surface area contributed by atoms with Crippen molar-refractivity contribution >= 4 is 23.4 Å². The molecule has 118 valence electrons. The maximum Gasteiger partial charge on any atom is 0.276 e. The molecule has 0 aliphatic carbocycles. The summed E-state index contributed by atoms with van der Waals surface area (Å²) < 4.78 is 5.66. The molecule has 0 amide bonds. The number of rotatable bonds is 5. The molecular weight excluding hydrogens is 332 g/mol. The number of hydrogen-bond acceptors (Lipinski definition) is 5. The van der Waals surface area contributed by atoms with Crippen LogP contribution in [0.2, 0.25) is 5.02 Å². The van der Waals surface area contributed by atoms with Crippen LogP contribution in [0.15, 0.2) is 58.2 Å². The van der Waals surface area contributed by atoms with Gasteiger partial charge in [-0.1, -0.05) is 53.7 Å². The number of aliphatic hydroxyl groups excluding tert-OH is 1. The first kappa shape index (κ1) is 16.1. The lowest BCUT2D eigenvalue weighted by Gasteiger charge is -2.09. The second-order valence-corrected chi connectivity index (χ2v) is 6.48. The predicted molar refractivity (Wildman–Crippen MR) is 91.6 cm³/mol. The Balaban J connectivity index is 1.67. The van der Waals surface area contributed by atoms with Gasteiger partial charge in [0.15, 0.2) is 0 Å². The van der Waals surface area contributed by atoms with Crippen LogP contribution in [0.5, 0.6) is 0 Å². The molecule has 1 unspecified atom stereocenters. The lowest BCUT2D eigenvalue weighted by Crippen LogP contribution is -2.00. The molecule has 0 saturated heterocycles. The van der Waals surface area contributed by atoms with E-state index in [0.29, 0.717) is 21.9 Å². The molecule has 23 heavy (non-hydrogen) atoms. The number of aryl methyl sites for hydroxylation is 1. The third-order valence-electron chi connectivity index (χ3n) is 3.38. The van der Waals surface area contributed by atoms with Gasteiger partial charge in [0.25, 0.3) is 5.22 Å². The number of halogens is 1. The maximum atomic E-state index is 10.2. The minimum atomic E-state index is -0.646. The molecule has 1 atom stereocenters. The lowest BCUT2D eigenvalue weighted by molar-refractivity contribution is 0.204. The van der Waals surface area contributed by atoms with Crippen molar-refractivity contribution in [1.82, 2.24) is 10.2 Å². The standard InChI is InChI=1S/C17H15ClN2O2S/c1-11-5-2-3-8-14(11)16-19-20-17(22-16)23-10-15(21)12-6-4-7-13(18)9-12/h2-9,15,21H,10H2,1H3. The predicted octanol–water partition coefficient (Wildman–Crippen LogP) is 4.52. The summed E-state index contributed by atoms with van der Waals surface area (Å²) in [6.07, 6.45) is -0.646. The molecule has 6 heteroatoms. The Morgan fingerprint density at radius 3 is 2.78 bits per heavy atom. The number of hydrogen-bond donors (Lipinski definition) is 1. The van der Waals surface area contributed by atoms with Crippen LogP contribution in [0.4, 0.5) is 0 Å². The molecule has 0 saturated carbocycles. The summed E-state index contributed by atoms with van der Waals surface area (Å²) in [6, 6.07) is 15.0. The van der Waals surface area contributed by atoms with Crippen LogP contribution in [0.1, 0.15) is 17.2 Å². The molecule has 0 spiro atoms. The lowest BCUT2D eigenvalue weighted by atomic mass is 10.1. The van der Waals surface area contributed by atoms with E-state index in [1.165, 1.54) is 11.8 Å². The molecule has 0 aliphatic heterocycles. The van der Waals surface area contributed by atoms with Gasteiger partial charge in [0.05, 0.1) is 6.10 Å². The number of nitrogens with zero attached hydrogens (tertiary/aromatic N) is 2. The maximum absolute atomic E-state index is 10.2. The fourth-order valence-electron chi connectivity index (χ4n) is 2.15. The summed E-state index contributed by atoms with van der Waals surface area (Å²) in [5.74, 6) is 0.901. The van der Waals surface area contributed by atoms with Crippen LogP contribution in [0, 0.1) is 6.92 Å². The summed E-state index contributed by atoms with van der Waals surface area (Å²) in [4.78, 5) is 0. The monoisotopic (exact) mass is 346 g/mol. The molecule has 1 heterocycles. The van der Waals surface area contributed by atoms with Crippen molar-refractivity contribution in [2.75, 3.05) is 5.75 Å². The SMILES string of the molecule is Cc1ccccc1-c1nnc(SCC(O)c2cccc(Cl)c2)o1. The van der Waals surface area contributed by atoms with Crippen molar-refractivity contribution < 1.29 is 9.52 Å². The number of aromatic nitrogens is 2. The van der Waals surface area contributed by atoms with Gasteiger partial charge in [0.1, 0.15) is 0 Å². The van der Waals surface area contributed by atoms with Crippen LogP contribution in [-0.4, -0.2) is 21.1 Å². The third kappa shape index (κ3) is 3.93. The zero-order valence-corrected chi connectivity index (χ0v) is 14.0. The molecule has 4 nitrogen and oxygen atoms in total. The summed E-state index contributed by atoms with van der Waals surface area (Å²) >= 11 is 7.25.